The molecule has 0 amide bonds. The van der Waals surface area contributed by atoms with Crippen LogP contribution < -0.4 is 0 Å². The van der Waals surface area contributed by atoms with Crippen LogP contribution in [0.15, 0.2) is 29.8 Å². The molecule has 0 bridgehead atoms. The summed E-state index contributed by atoms with van der Waals surface area (Å²) in [5.41, 5.74) is 2.63. The van der Waals surface area contributed by atoms with Crippen LogP contribution in [0.1, 0.15) is 38.2 Å². The third-order valence-electron chi connectivity index (χ3n) is 3.04. The van der Waals surface area contributed by atoms with Crippen molar-refractivity contribution in [2.24, 2.45) is 0 Å². The molecule has 0 saturated carbocycles. The molecular weight excluding hydrogens is 262 g/mol. The lowest BCUT2D eigenvalue weighted by molar-refractivity contribution is 0.668. The van der Waals surface area contributed by atoms with Crippen molar-refractivity contribution < 1.29 is 0 Å². The summed E-state index contributed by atoms with van der Waals surface area (Å²) < 4.78 is 0. The third-order valence-corrected chi connectivity index (χ3v) is 4.25. The zero-order valence-corrected chi connectivity index (χ0v) is 12.2. The second kappa shape index (κ2) is 6.91. The third kappa shape index (κ3) is 3.56. The summed E-state index contributed by atoms with van der Waals surface area (Å²) in [6, 6.07) is 6.22. The quantitative estimate of drug-likeness (QED) is 0.496. The van der Waals surface area contributed by atoms with Gasteiger partial charge in [-0.3, -0.25) is 0 Å². The monoisotopic (exact) mass is 279 g/mol. The summed E-state index contributed by atoms with van der Waals surface area (Å²) >= 11 is 7.74. The number of nitrogens with zero attached hydrogens (tertiary/aromatic N) is 1. The summed E-state index contributed by atoms with van der Waals surface area (Å²) in [5, 5.41) is 2.73. The summed E-state index contributed by atoms with van der Waals surface area (Å²) in [6.45, 7) is 2.25. The topological polar surface area (TPSA) is 12.9 Å². The van der Waals surface area contributed by atoms with Gasteiger partial charge in [0.15, 0.2) is 0 Å². The number of hydrogen-bond donors (Lipinski definition) is 0. The highest BCUT2D eigenvalue weighted by Crippen LogP contribution is 2.31. The first-order chi connectivity index (χ1) is 8.81. The smallest absolute Gasteiger partial charge is 0.129 e. The van der Waals surface area contributed by atoms with Crippen molar-refractivity contribution in [1.82, 2.24) is 4.98 Å². The Balaban J connectivity index is 2.08. The standard InChI is InChI=1S/C15H18ClNS/c1-2-3-4-5-6-12-8-10-18-15(12)13-7-9-17-14(16)11-13/h7-11H,2-6H2,1H3. The zero-order chi connectivity index (χ0) is 12.8. The van der Waals surface area contributed by atoms with Crippen LogP contribution in [0.3, 0.4) is 0 Å². The molecule has 2 rings (SSSR count). The highest BCUT2D eigenvalue weighted by atomic mass is 35.5. The first-order valence-electron chi connectivity index (χ1n) is 6.49. The summed E-state index contributed by atoms with van der Waals surface area (Å²) in [7, 11) is 0. The van der Waals surface area contributed by atoms with Crippen LogP contribution in [-0.4, -0.2) is 4.98 Å². The van der Waals surface area contributed by atoms with Gasteiger partial charge in [-0.05, 0) is 47.5 Å². The van der Waals surface area contributed by atoms with Crippen LogP contribution in [0.25, 0.3) is 10.4 Å². The summed E-state index contributed by atoms with van der Waals surface area (Å²) in [5.74, 6) is 0. The number of pyridine rings is 1. The molecule has 0 saturated heterocycles. The minimum atomic E-state index is 0.567. The molecule has 2 aromatic heterocycles. The Hall–Kier alpha value is -0.860. The van der Waals surface area contributed by atoms with Crippen molar-refractivity contribution in [2.45, 2.75) is 39.0 Å². The number of halogens is 1. The Kier molecular flexibility index (Phi) is 5.21. The molecule has 0 atom stereocenters. The van der Waals surface area contributed by atoms with Crippen LogP contribution in [0.4, 0.5) is 0 Å². The molecule has 3 heteroatoms. The van der Waals surface area contributed by atoms with Crippen molar-refractivity contribution >= 4 is 22.9 Å². The van der Waals surface area contributed by atoms with Crippen molar-refractivity contribution in [3.63, 3.8) is 0 Å². The first kappa shape index (κ1) is 13.6. The Morgan fingerprint density at radius 3 is 2.89 bits per heavy atom. The molecule has 2 heterocycles. The van der Waals surface area contributed by atoms with Crippen molar-refractivity contribution in [3.8, 4) is 10.4 Å². The predicted octanol–water partition coefficient (Wildman–Crippen LogP) is 5.59. The van der Waals surface area contributed by atoms with E-state index in [-0.39, 0.29) is 0 Å². The Morgan fingerprint density at radius 1 is 1.22 bits per heavy atom. The second-order valence-corrected chi connectivity index (χ2v) is 5.76. The fraction of sp³-hybridized carbons (Fsp3) is 0.400. The molecule has 0 aliphatic rings. The van der Waals surface area contributed by atoms with E-state index < -0.39 is 0 Å². The van der Waals surface area contributed by atoms with E-state index in [9.17, 15) is 0 Å². The normalized spacial score (nSPS) is 10.8. The van der Waals surface area contributed by atoms with Gasteiger partial charge >= 0.3 is 0 Å². The Labute approximate surface area is 118 Å². The molecule has 1 nitrogen and oxygen atoms in total. The number of aromatic nitrogens is 1. The maximum absolute atomic E-state index is 5.95. The largest absolute Gasteiger partial charge is 0.245 e. The van der Waals surface area contributed by atoms with Gasteiger partial charge in [-0.15, -0.1) is 11.3 Å². The van der Waals surface area contributed by atoms with E-state index in [1.165, 1.54) is 48.1 Å². The molecular formula is C15H18ClNS. The van der Waals surface area contributed by atoms with Gasteiger partial charge in [0.25, 0.3) is 0 Å². The van der Waals surface area contributed by atoms with Crippen LogP contribution in [0.5, 0.6) is 0 Å². The number of rotatable bonds is 6. The van der Waals surface area contributed by atoms with E-state index in [4.69, 9.17) is 11.6 Å². The van der Waals surface area contributed by atoms with Crippen molar-refractivity contribution in [3.05, 3.63) is 40.5 Å². The van der Waals surface area contributed by atoms with Crippen molar-refractivity contribution in [2.75, 3.05) is 0 Å². The highest BCUT2D eigenvalue weighted by Gasteiger charge is 2.07. The maximum atomic E-state index is 5.95. The first-order valence-corrected chi connectivity index (χ1v) is 7.75. The van der Waals surface area contributed by atoms with Gasteiger partial charge < -0.3 is 0 Å². The van der Waals surface area contributed by atoms with Crippen molar-refractivity contribution in [1.29, 1.82) is 0 Å². The Morgan fingerprint density at radius 2 is 2.11 bits per heavy atom. The van der Waals surface area contributed by atoms with Gasteiger partial charge in [0, 0.05) is 11.1 Å². The van der Waals surface area contributed by atoms with Crippen LogP contribution >= 0.6 is 22.9 Å². The average molecular weight is 280 g/mol. The number of thiophene rings is 1. The maximum Gasteiger partial charge on any atom is 0.129 e. The second-order valence-electron chi connectivity index (χ2n) is 4.45. The SMILES string of the molecule is CCCCCCc1ccsc1-c1ccnc(Cl)c1. The van der Waals surface area contributed by atoms with E-state index in [2.05, 4.69) is 23.4 Å². The number of hydrogen-bond acceptors (Lipinski definition) is 2. The number of unbranched alkanes of at least 4 members (excludes halogenated alkanes) is 3. The minimum Gasteiger partial charge on any atom is -0.245 e. The van der Waals surface area contributed by atoms with E-state index in [1.807, 2.05) is 12.1 Å². The van der Waals surface area contributed by atoms with E-state index >= 15 is 0 Å². The molecule has 0 radical (unpaired) electrons. The molecule has 0 aliphatic heterocycles. The Bertz CT molecular complexity index is 493. The van der Waals surface area contributed by atoms with E-state index in [0.717, 1.165) is 0 Å². The van der Waals surface area contributed by atoms with E-state index in [0.29, 0.717) is 5.15 Å². The molecule has 18 heavy (non-hydrogen) atoms. The van der Waals surface area contributed by atoms with Gasteiger partial charge in [0.1, 0.15) is 5.15 Å². The van der Waals surface area contributed by atoms with Crippen LogP contribution in [0, 0.1) is 0 Å². The summed E-state index contributed by atoms with van der Waals surface area (Å²) in [4.78, 5) is 5.38. The minimum absolute atomic E-state index is 0.567. The molecule has 0 unspecified atom stereocenters. The van der Waals surface area contributed by atoms with Gasteiger partial charge in [0.05, 0.1) is 0 Å². The molecule has 0 aromatic carbocycles. The highest BCUT2D eigenvalue weighted by molar-refractivity contribution is 7.13. The lowest BCUT2D eigenvalue weighted by Gasteiger charge is -2.04. The van der Waals surface area contributed by atoms with Gasteiger partial charge in [-0.2, -0.15) is 0 Å². The molecule has 0 fully saturated rings. The van der Waals surface area contributed by atoms with E-state index in [1.54, 1.807) is 17.5 Å². The van der Waals surface area contributed by atoms with Gasteiger partial charge in [-0.1, -0.05) is 37.8 Å². The molecule has 0 aliphatic carbocycles. The fourth-order valence-corrected chi connectivity index (χ4v) is 3.20. The zero-order valence-electron chi connectivity index (χ0n) is 10.7. The van der Waals surface area contributed by atoms with Gasteiger partial charge in [-0.25, -0.2) is 4.98 Å². The predicted molar refractivity (Wildman–Crippen MR) is 80.4 cm³/mol. The molecule has 0 spiro atoms. The average Bonchev–Trinajstić information content (AvgIpc) is 2.83. The fourth-order valence-electron chi connectivity index (χ4n) is 2.07. The molecule has 0 N–H and O–H groups in total. The molecule has 2 aromatic rings. The lowest BCUT2D eigenvalue weighted by atomic mass is 10.0. The molecule has 96 valence electrons. The number of aryl methyl sites for hydroxylation is 1. The van der Waals surface area contributed by atoms with Crippen LogP contribution in [0.2, 0.25) is 5.15 Å². The summed E-state index contributed by atoms with van der Waals surface area (Å²) in [6.07, 6.45) is 8.16. The lowest BCUT2D eigenvalue weighted by Crippen LogP contribution is -1.87. The van der Waals surface area contributed by atoms with Crippen LogP contribution in [-0.2, 0) is 6.42 Å². The van der Waals surface area contributed by atoms with Gasteiger partial charge in [0.2, 0.25) is 0 Å².